The number of nitrogens with zero attached hydrogens (tertiary/aromatic N) is 2. The second kappa shape index (κ2) is 9.55. The highest BCUT2D eigenvalue weighted by Gasteiger charge is 2.35. The highest BCUT2D eigenvalue weighted by Crippen LogP contribution is 2.35. The first-order valence-electron chi connectivity index (χ1n) is 10.1. The van der Waals surface area contributed by atoms with Gasteiger partial charge in [-0.1, -0.05) is 35.9 Å². The number of esters is 1. The Bertz CT molecular complexity index is 1410. The molecular weight excluding hydrogens is 503 g/mol. The minimum atomic E-state index is -4.66. The highest BCUT2D eigenvalue weighted by atomic mass is 35.5. The van der Waals surface area contributed by atoms with Crippen molar-refractivity contribution in [1.29, 1.82) is 0 Å². The van der Waals surface area contributed by atoms with Crippen LogP contribution in [-0.4, -0.2) is 28.8 Å². The predicted molar refractivity (Wildman–Crippen MR) is 127 cm³/mol. The molecule has 180 valence electrons. The molecule has 0 aliphatic rings. The van der Waals surface area contributed by atoms with Crippen LogP contribution < -0.4 is 5.32 Å². The number of carbonyl (C=O) groups excluding carboxylic acids is 2. The van der Waals surface area contributed by atoms with Gasteiger partial charge < -0.3 is 10.1 Å². The SMILES string of the molecule is COC(=O)c1scc(C)c1NC(=O)c1ccc(-c2cc(C(F)(F)F)nn2-c2ccccc2Cl)cc1. The van der Waals surface area contributed by atoms with Crippen LogP contribution in [0.5, 0.6) is 0 Å². The summed E-state index contributed by atoms with van der Waals surface area (Å²) in [5.74, 6) is -1.05. The number of thiophene rings is 1. The summed E-state index contributed by atoms with van der Waals surface area (Å²) >= 11 is 7.36. The van der Waals surface area contributed by atoms with Crippen molar-refractivity contribution < 1.29 is 27.5 Å². The second-order valence-corrected chi connectivity index (χ2v) is 8.71. The molecule has 0 aliphatic carbocycles. The molecular formula is C24H17ClF3N3O3S. The number of ether oxygens (including phenoxy) is 1. The Morgan fingerprint density at radius 3 is 2.43 bits per heavy atom. The summed E-state index contributed by atoms with van der Waals surface area (Å²) in [5.41, 5.74) is 1.05. The minimum absolute atomic E-state index is 0.152. The lowest BCUT2D eigenvalue weighted by Crippen LogP contribution is -2.14. The fraction of sp³-hybridized carbons (Fsp3) is 0.125. The van der Waals surface area contributed by atoms with Gasteiger partial charge in [0.15, 0.2) is 5.69 Å². The molecule has 4 rings (SSSR count). The average Bonchev–Trinajstić information content (AvgIpc) is 3.43. The van der Waals surface area contributed by atoms with E-state index in [0.717, 1.165) is 22.1 Å². The number of para-hydroxylation sites is 1. The molecule has 2 aromatic carbocycles. The third-order valence-corrected chi connectivity index (χ3v) is 6.51. The molecule has 35 heavy (non-hydrogen) atoms. The molecule has 0 spiro atoms. The molecule has 11 heteroatoms. The summed E-state index contributed by atoms with van der Waals surface area (Å²) in [4.78, 5) is 25.0. The van der Waals surface area contributed by atoms with Crippen LogP contribution in [0, 0.1) is 6.92 Å². The molecule has 0 atom stereocenters. The molecule has 2 heterocycles. The van der Waals surface area contributed by atoms with Gasteiger partial charge in [-0.3, -0.25) is 4.79 Å². The Morgan fingerprint density at radius 1 is 1.11 bits per heavy atom. The molecule has 0 fully saturated rings. The van der Waals surface area contributed by atoms with Crippen molar-refractivity contribution in [1.82, 2.24) is 9.78 Å². The van der Waals surface area contributed by atoms with Crippen LogP contribution >= 0.6 is 22.9 Å². The van der Waals surface area contributed by atoms with Crippen molar-refractivity contribution in [3.05, 3.63) is 86.7 Å². The van der Waals surface area contributed by atoms with Gasteiger partial charge >= 0.3 is 12.1 Å². The summed E-state index contributed by atoms with van der Waals surface area (Å²) in [7, 11) is 1.25. The van der Waals surface area contributed by atoms with Gasteiger partial charge in [0.2, 0.25) is 0 Å². The first-order chi connectivity index (χ1) is 16.6. The fourth-order valence-electron chi connectivity index (χ4n) is 3.35. The number of carbonyl (C=O) groups is 2. The zero-order valence-electron chi connectivity index (χ0n) is 18.3. The van der Waals surface area contributed by atoms with E-state index in [4.69, 9.17) is 16.3 Å². The second-order valence-electron chi connectivity index (χ2n) is 7.42. The molecule has 0 aliphatic heterocycles. The van der Waals surface area contributed by atoms with Crippen molar-refractivity contribution in [2.45, 2.75) is 13.1 Å². The third-order valence-electron chi connectivity index (χ3n) is 5.11. The number of halogens is 4. The van der Waals surface area contributed by atoms with Crippen LogP contribution in [0.2, 0.25) is 5.02 Å². The summed E-state index contributed by atoms with van der Waals surface area (Å²) in [6.45, 7) is 1.75. The van der Waals surface area contributed by atoms with Crippen LogP contribution in [0.3, 0.4) is 0 Å². The number of amides is 1. The molecule has 1 amide bonds. The monoisotopic (exact) mass is 519 g/mol. The van der Waals surface area contributed by atoms with E-state index >= 15 is 0 Å². The summed E-state index contributed by atoms with van der Waals surface area (Å²) < 4.78 is 46.1. The lowest BCUT2D eigenvalue weighted by molar-refractivity contribution is -0.141. The Balaban J connectivity index is 1.68. The van der Waals surface area contributed by atoms with E-state index in [1.165, 1.54) is 31.4 Å². The Morgan fingerprint density at radius 2 is 1.80 bits per heavy atom. The Labute approximate surface area is 206 Å². The maximum Gasteiger partial charge on any atom is 0.435 e. The van der Waals surface area contributed by atoms with Crippen LogP contribution in [0.15, 0.2) is 60.0 Å². The fourth-order valence-corrected chi connectivity index (χ4v) is 4.49. The van der Waals surface area contributed by atoms with Crippen molar-refractivity contribution in [3.8, 4) is 16.9 Å². The van der Waals surface area contributed by atoms with Gasteiger partial charge in [0.05, 0.1) is 29.2 Å². The maximum absolute atomic E-state index is 13.4. The largest absolute Gasteiger partial charge is 0.465 e. The van der Waals surface area contributed by atoms with Gasteiger partial charge in [0.1, 0.15) is 4.88 Å². The highest BCUT2D eigenvalue weighted by molar-refractivity contribution is 7.12. The van der Waals surface area contributed by atoms with Crippen molar-refractivity contribution in [3.63, 3.8) is 0 Å². The van der Waals surface area contributed by atoms with E-state index in [-0.39, 0.29) is 26.8 Å². The summed E-state index contributed by atoms with van der Waals surface area (Å²) in [6.07, 6.45) is -4.66. The molecule has 0 radical (unpaired) electrons. The molecule has 0 unspecified atom stereocenters. The van der Waals surface area contributed by atoms with Gasteiger partial charge in [-0.25, -0.2) is 9.48 Å². The minimum Gasteiger partial charge on any atom is -0.465 e. The Kier molecular flexibility index (Phi) is 6.68. The zero-order chi connectivity index (χ0) is 25.3. The van der Waals surface area contributed by atoms with Crippen LogP contribution in [0.25, 0.3) is 16.9 Å². The lowest BCUT2D eigenvalue weighted by Gasteiger charge is -2.10. The molecule has 2 aromatic heterocycles. The van der Waals surface area contributed by atoms with Gasteiger partial charge in [-0.05, 0) is 48.2 Å². The standard InChI is InChI=1S/C24H17ClF3N3O3S/c1-13-12-35-21(23(33)34-2)20(13)29-22(32)15-9-7-14(8-10-15)18-11-19(24(26,27)28)30-31(18)17-6-4-3-5-16(17)25/h3-12H,1-2H3,(H,29,32). The smallest absolute Gasteiger partial charge is 0.435 e. The molecule has 4 aromatic rings. The van der Waals surface area contributed by atoms with Crippen LogP contribution in [-0.2, 0) is 10.9 Å². The number of hydrogen-bond donors (Lipinski definition) is 1. The lowest BCUT2D eigenvalue weighted by atomic mass is 10.1. The molecule has 0 bridgehead atoms. The van der Waals surface area contributed by atoms with E-state index in [0.29, 0.717) is 16.8 Å². The van der Waals surface area contributed by atoms with Crippen LogP contribution in [0.1, 0.15) is 31.3 Å². The topological polar surface area (TPSA) is 73.2 Å². The number of rotatable bonds is 5. The maximum atomic E-state index is 13.4. The quantitative estimate of drug-likeness (QED) is 0.301. The van der Waals surface area contributed by atoms with E-state index in [2.05, 4.69) is 10.4 Å². The van der Waals surface area contributed by atoms with Crippen molar-refractivity contribution in [2.75, 3.05) is 12.4 Å². The van der Waals surface area contributed by atoms with Crippen molar-refractivity contribution in [2.24, 2.45) is 0 Å². The number of alkyl halides is 3. The summed E-state index contributed by atoms with van der Waals surface area (Å²) in [6, 6.07) is 13.3. The van der Waals surface area contributed by atoms with Gasteiger partial charge in [-0.2, -0.15) is 18.3 Å². The van der Waals surface area contributed by atoms with E-state index in [1.54, 1.807) is 36.6 Å². The average molecular weight is 520 g/mol. The third kappa shape index (κ3) is 4.94. The van der Waals surface area contributed by atoms with E-state index < -0.39 is 23.7 Å². The molecule has 0 saturated heterocycles. The number of aromatic nitrogens is 2. The van der Waals surface area contributed by atoms with Gasteiger partial charge in [0.25, 0.3) is 5.91 Å². The normalized spacial score (nSPS) is 11.4. The predicted octanol–water partition coefficient (Wildman–Crippen LogP) is 6.62. The zero-order valence-corrected chi connectivity index (χ0v) is 19.9. The number of benzene rings is 2. The first kappa shape index (κ1) is 24.5. The molecule has 0 saturated carbocycles. The molecule has 6 nitrogen and oxygen atoms in total. The van der Waals surface area contributed by atoms with Gasteiger partial charge in [0, 0.05) is 11.1 Å². The van der Waals surface area contributed by atoms with Crippen LogP contribution in [0.4, 0.5) is 18.9 Å². The van der Waals surface area contributed by atoms with E-state index in [1.807, 2.05) is 0 Å². The number of anilines is 1. The number of aryl methyl sites for hydroxylation is 1. The summed E-state index contributed by atoms with van der Waals surface area (Å²) in [5, 5.41) is 8.38. The Hall–Kier alpha value is -3.63. The number of hydrogen-bond acceptors (Lipinski definition) is 5. The van der Waals surface area contributed by atoms with Crippen molar-refractivity contribution >= 4 is 40.5 Å². The van der Waals surface area contributed by atoms with E-state index in [9.17, 15) is 22.8 Å². The number of nitrogens with one attached hydrogen (secondary N) is 1. The van der Waals surface area contributed by atoms with Gasteiger partial charge in [-0.15, -0.1) is 11.3 Å². The first-order valence-corrected chi connectivity index (χ1v) is 11.4. The number of methoxy groups -OCH3 is 1. The molecule has 1 N–H and O–H groups in total.